The molecule has 3 aromatic rings. The number of likely N-dealkylation sites (N-methyl/N-ethyl adjacent to an activating group) is 1. The molecule has 4 N–H and O–H groups in total. The van der Waals surface area contributed by atoms with Gasteiger partial charge in [-0.3, -0.25) is 28.8 Å². The van der Waals surface area contributed by atoms with Crippen LogP contribution in [0.2, 0.25) is 0 Å². The molecule has 284 valence electrons. The first kappa shape index (κ1) is 40.7. The van der Waals surface area contributed by atoms with Crippen molar-refractivity contribution in [1.82, 2.24) is 36.1 Å². The van der Waals surface area contributed by atoms with E-state index in [0.29, 0.717) is 17.8 Å². The topological polar surface area (TPSA) is 170 Å². The normalized spacial score (nSPS) is 21.3. The molecule has 0 saturated heterocycles. The van der Waals surface area contributed by atoms with Crippen molar-refractivity contribution in [1.29, 1.82) is 0 Å². The Hall–Kier alpha value is -5.11. The number of hydrogen-bond donors (Lipinski definition) is 4. The van der Waals surface area contributed by atoms with E-state index in [1.807, 2.05) is 56.3 Å². The van der Waals surface area contributed by atoms with Crippen LogP contribution in [0.15, 0.2) is 53.9 Å². The van der Waals surface area contributed by atoms with Crippen LogP contribution in [0.5, 0.6) is 0 Å². The minimum atomic E-state index is -1.01. The molecule has 6 amide bonds. The lowest BCUT2D eigenvalue weighted by Gasteiger charge is -2.29. The summed E-state index contributed by atoms with van der Waals surface area (Å²) in [6, 6.07) is 12.1. The molecule has 2 heterocycles. The Labute approximate surface area is 315 Å². The maximum Gasteiger partial charge on any atom is 0.271 e. The van der Waals surface area contributed by atoms with Gasteiger partial charge in [-0.15, -0.1) is 11.3 Å². The highest BCUT2D eigenvalue weighted by molar-refractivity contribution is 7.09. The average molecular weight is 746 g/mol. The zero-order chi connectivity index (χ0) is 38.8. The molecule has 0 saturated carbocycles. The summed E-state index contributed by atoms with van der Waals surface area (Å²) < 4.78 is 0. The van der Waals surface area contributed by atoms with E-state index in [1.165, 1.54) is 28.1 Å². The maximum absolute atomic E-state index is 13.8. The second kappa shape index (κ2) is 18.6. The number of aromatic nitrogens is 1. The molecule has 1 aliphatic rings. The molecule has 2 aromatic carbocycles. The fourth-order valence-electron chi connectivity index (χ4n) is 6.16. The summed E-state index contributed by atoms with van der Waals surface area (Å²) in [6.07, 6.45) is 0.997. The molecule has 53 heavy (non-hydrogen) atoms. The van der Waals surface area contributed by atoms with E-state index >= 15 is 0 Å². The summed E-state index contributed by atoms with van der Waals surface area (Å²) in [5.74, 6) is -3.16. The number of carbonyl (C=O) groups is 6. The van der Waals surface area contributed by atoms with Crippen LogP contribution in [-0.4, -0.2) is 95.0 Å². The largest absolute Gasteiger partial charge is 0.345 e. The first-order valence-corrected chi connectivity index (χ1v) is 18.8. The van der Waals surface area contributed by atoms with Crippen molar-refractivity contribution < 1.29 is 28.8 Å². The molecule has 1 aromatic heterocycles. The van der Waals surface area contributed by atoms with Crippen LogP contribution < -0.4 is 21.3 Å². The van der Waals surface area contributed by atoms with Gasteiger partial charge in [-0.1, -0.05) is 73.5 Å². The fourth-order valence-corrected chi connectivity index (χ4v) is 7.01. The van der Waals surface area contributed by atoms with Gasteiger partial charge in [-0.25, -0.2) is 4.98 Å². The third-order valence-corrected chi connectivity index (χ3v) is 10.0. The predicted molar refractivity (Wildman–Crippen MR) is 203 cm³/mol. The minimum Gasteiger partial charge on any atom is -0.345 e. The number of rotatable bonds is 6. The molecule has 4 rings (SSSR count). The molecular formula is C39H51N7O6S. The van der Waals surface area contributed by atoms with Crippen LogP contribution in [0.25, 0.3) is 0 Å². The Morgan fingerprint density at radius 1 is 0.868 bits per heavy atom. The molecule has 0 spiro atoms. The van der Waals surface area contributed by atoms with Crippen LogP contribution in [0.1, 0.15) is 77.9 Å². The molecule has 1 aliphatic heterocycles. The van der Waals surface area contributed by atoms with Gasteiger partial charge in [0.25, 0.3) is 5.91 Å². The highest BCUT2D eigenvalue weighted by Gasteiger charge is 2.31. The quantitative estimate of drug-likeness (QED) is 0.301. The lowest BCUT2D eigenvalue weighted by Crippen LogP contribution is -2.57. The summed E-state index contributed by atoms with van der Waals surface area (Å²) in [5, 5.41) is 13.1. The van der Waals surface area contributed by atoms with E-state index in [-0.39, 0.29) is 43.6 Å². The lowest BCUT2D eigenvalue weighted by molar-refractivity contribution is -0.139. The zero-order valence-corrected chi connectivity index (χ0v) is 32.3. The van der Waals surface area contributed by atoms with Gasteiger partial charge in [0.05, 0.1) is 12.6 Å². The van der Waals surface area contributed by atoms with E-state index in [1.54, 1.807) is 33.2 Å². The van der Waals surface area contributed by atoms with Crippen LogP contribution >= 0.6 is 11.3 Å². The standard InChI is InChI=1S/C39H51N7O6S/c1-23(2)34-37(51)41-27(6)39(52)45(7)15-16-46(33(48)14-13-29-18-24(3)17-25(4)19-29)21-32(47)42-30(20-28-11-9-8-10-12-28)38-43-31(22-53-38)36(50)40-26(5)35(49)44-34/h8-12,17-19,22-23,26-27,30,34H,13-16,20-21H2,1-7H3,(H,40,50)(H,41,51)(H,42,47)(H,44,49)/t26-,27+,30-,34-/m0/s1. The molecule has 0 unspecified atom stereocenters. The number of nitrogens with one attached hydrogen (secondary N) is 4. The fraction of sp³-hybridized carbons (Fsp3) is 0.462. The van der Waals surface area contributed by atoms with E-state index < -0.39 is 53.7 Å². The Morgan fingerprint density at radius 3 is 2.21 bits per heavy atom. The number of thiazole rings is 1. The van der Waals surface area contributed by atoms with Crippen LogP contribution in [0, 0.1) is 19.8 Å². The second-order valence-corrected chi connectivity index (χ2v) is 15.0. The molecule has 14 heteroatoms. The Balaban J connectivity index is 1.65. The van der Waals surface area contributed by atoms with Crippen molar-refractivity contribution in [2.24, 2.45) is 5.92 Å². The molecule has 13 nitrogen and oxygen atoms in total. The summed E-state index contributed by atoms with van der Waals surface area (Å²) in [5.41, 5.74) is 4.19. The first-order chi connectivity index (χ1) is 25.1. The van der Waals surface area contributed by atoms with E-state index in [0.717, 1.165) is 22.3 Å². The molecule has 0 radical (unpaired) electrons. The lowest BCUT2D eigenvalue weighted by atomic mass is 10.0. The van der Waals surface area contributed by atoms with Gasteiger partial charge in [0.15, 0.2) is 0 Å². The molecule has 0 aliphatic carbocycles. The number of hydrogen-bond acceptors (Lipinski definition) is 8. The van der Waals surface area contributed by atoms with Crippen molar-refractivity contribution in [2.45, 2.75) is 85.0 Å². The van der Waals surface area contributed by atoms with Gasteiger partial charge in [-0.2, -0.15) is 0 Å². The average Bonchev–Trinajstić information content (AvgIpc) is 3.60. The Bertz CT molecular complexity index is 1770. The monoisotopic (exact) mass is 745 g/mol. The number of carbonyl (C=O) groups excluding carboxylic acids is 6. The third kappa shape index (κ3) is 11.7. The minimum absolute atomic E-state index is 0.0650. The van der Waals surface area contributed by atoms with Gasteiger partial charge >= 0.3 is 0 Å². The van der Waals surface area contributed by atoms with Crippen LogP contribution in [0.3, 0.4) is 0 Å². The van der Waals surface area contributed by atoms with Gasteiger partial charge in [-0.05, 0) is 57.6 Å². The number of aryl methyl sites for hydroxylation is 3. The number of fused-ring (bicyclic) bond motifs is 2. The van der Waals surface area contributed by atoms with Crippen molar-refractivity contribution in [3.63, 3.8) is 0 Å². The van der Waals surface area contributed by atoms with E-state index in [2.05, 4.69) is 32.3 Å². The number of amides is 6. The van der Waals surface area contributed by atoms with E-state index in [9.17, 15) is 28.8 Å². The van der Waals surface area contributed by atoms with Crippen LogP contribution in [-0.2, 0) is 36.8 Å². The molecule has 4 atom stereocenters. The predicted octanol–water partition coefficient (Wildman–Crippen LogP) is 2.86. The Kier molecular flexibility index (Phi) is 14.3. The highest BCUT2D eigenvalue weighted by Crippen LogP contribution is 2.23. The zero-order valence-electron chi connectivity index (χ0n) is 31.5. The highest BCUT2D eigenvalue weighted by atomic mass is 32.1. The van der Waals surface area contributed by atoms with Crippen molar-refractivity contribution in [3.8, 4) is 0 Å². The molecular weight excluding hydrogens is 695 g/mol. The summed E-state index contributed by atoms with van der Waals surface area (Å²) >= 11 is 1.19. The van der Waals surface area contributed by atoms with Gasteiger partial charge in [0, 0.05) is 31.9 Å². The SMILES string of the molecule is Cc1cc(C)cc(CCC(=O)N2CCN(C)C(=O)[C@@H](C)NC(=O)[C@H](C(C)C)NC(=O)[C@H](C)NC(=O)c3csc(n3)[C@H](Cc3ccccc3)NC(=O)C2)c1. The summed E-state index contributed by atoms with van der Waals surface area (Å²) in [7, 11) is 1.57. The van der Waals surface area contributed by atoms with Gasteiger partial charge in [0.1, 0.15) is 28.8 Å². The van der Waals surface area contributed by atoms with E-state index in [4.69, 9.17) is 0 Å². The second-order valence-electron chi connectivity index (χ2n) is 14.1. The van der Waals surface area contributed by atoms with Crippen molar-refractivity contribution >= 4 is 46.8 Å². The molecule has 2 bridgehead atoms. The summed E-state index contributed by atoms with van der Waals surface area (Å²) in [4.78, 5) is 88.1. The maximum atomic E-state index is 13.8. The Morgan fingerprint density at radius 2 is 1.55 bits per heavy atom. The smallest absolute Gasteiger partial charge is 0.271 e. The first-order valence-electron chi connectivity index (χ1n) is 17.9. The van der Waals surface area contributed by atoms with Gasteiger partial charge in [0.2, 0.25) is 29.5 Å². The van der Waals surface area contributed by atoms with Crippen LogP contribution in [0.4, 0.5) is 0 Å². The third-order valence-electron chi connectivity index (χ3n) is 9.07. The number of nitrogens with zero attached hydrogens (tertiary/aromatic N) is 3. The number of benzene rings is 2. The van der Waals surface area contributed by atoms with Crippen molar-refractivity contribution in [2.75, 3.05) is 26.7 Å². The van der Waals surface area contributed by atoms with Crippen molar-refractivity contribution in [3.05, 3.63) is 86.9 Å². The summed E-state index contributed by atoms with van der Waals surface area (Å²) in [6.45, 7) is 10.5. The molecule has 0 fully saturated rings. The van der Waals surface area contributed by atoms with Gasteiger partial charge < -0.3 is 31.1 Å².